The number of thiol groups is 1. The van der Waals surface area contributed by atoms with Gasteiger partial charge in [-0.25, -0.2) is 0 Å². The lowest BCUT2D eigenvalue weighted by Crippen LogP contribution is -2.25. The first-order chi connectivity index (χ1) is 7.69. The van der Waals surface area contributed by atoms with Crippen LogP contribution in [0.1, 0.15) is 20.7 Å². The van der Waals surface area contributed by atoms with E-state index < -0.39 is 0 Å². The SMILES string of the molecule is CNC(=O)c1ccc(C(=O)NCCS)cc1. The van der Waals surface area contributed by atoms with E-state index in [0.717, 1.165) is 0 Å². The van der Waals surface area contributed by atoms with Crippen LogP contribution in [0, 0.1) is 0 Å². The Balaban J connectivity index is 2.71. The highest BCUT2D eigenvalue weighted by molar-refractivity contribution is 7.80. The highest BCUT2D eigenvalue weighted by Crippen LogP contribution is 2.04. The van der Waals surface area contributed by atoms with Crippen LogP contribution < -0.4 is 10.6 Å². The third-order valence-corrected chi connectivity index (χ3v) is 2.26. The number of carbonyl (C=O) groups excluding carboxylic acids is 2. The predicted molar refractivity (Wildman–Crippen MR) is 66.0 cm³/mol. The largest absolute Gasteiger partial charge is 0.355 e. The third kappa shape index (κ3) is 3.27. The van der Waals surface area contributed by atoms with Gasteiger partial charge in [-0.1, -0.05) is 0 Å². The molecule has 0 radical (unpaired) electrons. The Morgan fingerprint density at radius 3 is 2.06 bits per heavy atom. The minimum atomic E-state index is -0.165. The Bertz CT molecular complexity index is 376. The molecule has 0 saturated heterocycles. The molecule has 0 spiro atoms. The third-order valence-electron chi connectivity index (χ3n) is 2.03. The summed E-state index contributed by atoms with van der Waals surface area (Å²) in [6, 6.07) is 6.49. The van der Waals surface area contributed by atoms with E-state index in [9.17, 15) is 9.59 Å². The first kappa shape index (κ1) is 12.6. The van der Waals surface area contributed by atoms with E-state index in [0.29, 0.717) is 23.4 Å². The van der Waals surface area contributed by atoms with Gasteiger partial charge in [-0.2, -0.15) is 12.6 Å². The smallest absolute Gasteiger partial charge is 0.251 e. The van der Waals surface area contributed by atoms with Crippen LogP contribution in [0.5, 0.6) is 0 Å². The van der Waals surface area contributed by atoms with E-state index in [1.54, 1.807) is 31.3 Å². The standard InChI is InChI=1S/C11H14N2O2S/c1-12-10(14)8-2-4-9(5-3-8)11(15)13-6-7-16/h2-5,16H,6-7H2,1H3,(H,12,14)(H,13,15). The summed E-state index contributed by atoms with van der Waals surface area (Å²) in [5, 5.41) is 5.21. The molecular weight excluding hydrogens is 224 g/mol. The van der Waals surface area contributed by atoms with Gasteiger partial charge in [0.25, 0.3) is 11.8 Å². The highest BCUT2D eigenvalue weighted by Gasteiger charge is 2.06. The molecule has 0 unspecified atom stereocenters. The van der Waals surface area contributed by atoms with Crippen molar-refractivity contribution >= 4 is 24.4 Å². The minimum absolute atomic E-state index is 0.155. The summed E-state index contributed by atoms with van der Waals surface area (Å²) in [6.07, 6.45) is 0. The van der Waals surface area contributed by atoms with Gasteiger partial charge in [0.1, 0.15) is 0 Å². The van der Waals surface area contributed by atoms with Crippen LogP contribution in [-0.4, -0.2) is 31.2 Å². The van der Waals surface area contributed by atoms with Gasteiger partial charge < -0.3 is 10.6 Å². The second kappa shape index (κ2) is 6.17. The van der Waals surface area contributed by atoms with Crippen LogP contribution in [0.25, 0.3) is 0 Å². The lowest BCUT2D eigenvalue weighted by molar-refractivity contribution is 0.0947. The molecule has 0 aliphatic carbocycles. The molecule has 0 fully saturated rings. The summed E-state index contributed by atoms with van der Waals surface area (Å²) < 4.78 is 0. The van der Waals surface area contributed by atoms with Crippen molar-refractivity contribution in [2.45, 2.75) is 0 Å². The second-order valence-electron chi connectivity index (χ2n) is 3.14. The zero-order chi connectivity index (χ0) is 12.0. The molecule has 0 aliphatic rings. The number of rotatable bonds is 4. The summed E-state index contributed by atoms with van der Waals surface area (Å²) in [5.74, 6) is 0.280. The molecule has 2 amide bonds. The van der Waals surface area contributed by atoms with Crippen molar-refractivity contribution < 1.29 is 9.59 Å². The van der Waals surface area contributed by atoms with E-state index in [1.165, 1.54) is 0 Å². The van der Waals surface area contributed by atoms with Gasteiger partial charge in [-0.15, -0.1) is 0 Å². The number of carbonyl (C=O) groups is 2. The predicted octanol–water partition coefficient (Wildman–Crippen LogP) is 0.706. The average molecular weight is 238 g/mol. The van der Waals surface area contributed by atoms with E-state index in [-0.39, 0.29) is 11.8 Å². The normalized spacial score (nSPS) is 9.62. The van der Waals surface area contributed by atoms with Gasteiger partial charge in [0.15, 0.2) is 0 Å². The Morgan fingerprint density at radius 1 is 1.12 bits per heavy atom. The first-order valence-corrected chi connectivity index (χ1v) is 5.53. The zero-order valence-corrected chi connectivity index (χ0v) is 9.88. The van der Waals surface area contributed by atoms with Gasteiger partial charge in [-0.3, -0.25) is 9.59 Å². The lowest BCUT2D eigenvalue weighted by atomic mass is 10.1. The zero-order valence-electron chi connectivity index (χ0n) is 8.99. The van der Waals surface area contributed by atoms with Crippen LogP contribution in [0.2, 0.25) is 0 Å². The van der Waals surface area contributed by atoms with Crippen LogP contribution >= 0.6 is 12.6 Å². The van der Waals surface area contributed by atoms with Crippen molar-refractivity contribution in [3.05, 3.63) is 35.4 Å². The molecule has 86 valence electrons. The van der Waals surface area contributed by atoms with Gasteiger partial charge >= 0.3 is 0 Å². The Labute approximate surface area is 99.8 Å². The van der Waals surface area contributed by atoms with Crippen molar-refractivity contribution in [3.63, 3.8) is 0 Å². The Hall–Kier alpha value is -1.49. The summed E-state index contributed by atoms with van der Waals surface area (Å²) in [5.41, 5.74) is 1.07. The molecule has 16 heavy (non-hydrogen) atoms. The van der Waals surface area contributed by atoms with Crippen molar-refractivity contribution in [1.82, 2.24) is 10.6 Å². The van der Waals surface area contributed by atoms with E-state index in [2.05, 4.69) is 23.3 Å². The topological polar surface area (TPSA) is 58.2 Å². The van der Waals surface area contributed by atoms with Crippen molar-refractivity contribution in [2.24, 2.45) is 0 Å². The highest BCUT2D eigenvalue weighted by atomic mass is 32.1. The number of nitrogens with one attached hydrogen (secondary N) is 2. The Morgan fingerprint density at radius 2 is 1.62 bits per heavy atom. The van der Waals surface area contributed by atoms with Gasteiger partial charge in [0.05, 0.1) is 0 Å². The van der Waals surface area contributed by atoms with Crippen LogP contribution in [0.15, 0.2) is 24.3 Å². The van der Waals surface area contributed by atoms with Gasteiger partial charge in [0, 0.05) is 30.5 Å². The average Bonchev–Trinajstić information content (AvgIpc) is 2.35. The van der Waals surface area contributed by atoms with Gasteiger partial charge in [-0.05, 0) is 24.3 Å². The molecule has 1 aromatic carbocycles. The second-order valence-corrected chi connectivity index (χ2v) is 3.58. The molecule has 0 atom stereocenters. The summed E-state index contributed by atoms with van der Waals surface area (Å²) in [4.78, 5) is 22.8. The van der Waals surface area contributed by atoms with Crippen molar-refractivity contribution in [2.75, 3.05) is 19.3 Å². The fourth-order valence-corrected chi connectivity index (χ4v) is 1.30. The fourth-order valence-electron chi connectivity index (χ4n) is 1.19. The van der Waals surface area contributed by atoms with Crippen LogP contribution in [0.3, 0.4) is 0 Å². The molecule has 2 N–H and O–H groups in total. The Kier molecular flexibility index (Phi) is 4.85. The molecular formula is C11H14N2O2S. The maximum absolute atomic E-state index is 11.5. The lowest BCUT2D eigenvalue weighted by Gasteiger charge is -2.04. The van der Waals surface area contributed by atoms with E-state index >= 15 is 0 Å². The number of hydrogen-bond donors (Lipinski definition) is 3. The summed E-state index contributed by atoms with van der Waals surface area (Å²) >= 11 is 4.00. The van der Waals surface area contributed by atoms with Gasteiger partial charge in [0.2, 0.25) is 0 Å². The van der Waals surface area contributed by atoms with E-state index in [1.807, 2.05) is 0 Å². The molecule has 0 saturated carbocycles. The molecule has 0 bridgehead atoms. The number of benzene rings is 1. The molecule has 1 rings (SSSR count). The molecule has 1 aromatic rings. The van der Waals surface area contributed by atoms with Crippen molar-refractivity contribution in [1.29, 1.82) is 0 Å². The molecule has 4 nitrogen and oxygen atoms in total. The summed E-state index contributed by atoms with van der Waals surface area (Å²) in [6.45, 7) is 0.527. The first-order valence-electron chi connectivity index (χ1n) is 4.90. The maximum atomic E-state index is 11.5. The molecule has 0 aromatic heterocycles. The molecule has 5 heteroatoms. The molecule has 0 aliphatic heterocycles. The van der Waals surface area contributed by atoms with Crippen LogP contribution in [0.4, 0.5) is 0 Å². The maximum Gasteiger partial charge on any atom is 0.251 e. The van der Waals surface area contributed by atoms with Crippen molar-refractivity contribution in [3.8, 4) is 0 Å². The summed E-state index contributed by atoms with van der Waals surface area (Å²) in [7, 11) is 1.57. The van der Waals surface area contributed by atoms with Crippen LogP contribution in [-0.2, 0) is 0 Å². The molecule has 0 heterocycles. The number of hydrogen-bond acceptors (Lipinski definition) is 3. The number of amides is 2. The monoisotopic (exact) mass is 238 g/mol. The minimum Gasteiger partial charge on any atom is -0.355 e. The fraction of sp³-hybridized carbons (Fsp3) is 0.273. The van der Waals surface area contributed by atoms with E-state index in [4.69, 9.17) is 0 Å². The quantitative estimate of drug-likeness (QED) is 0.676.